The van der Waals surface area contributed by atoms with Gasteiger partial charge in [-0.3, -0.25) is 4.57 Å². The van der Waals surface area contributed by atoms with E-state index in [1.165, 1.54) is 16.7 Å². The number of benzene rings is 6. The summed E-state index contributed by atoms with van der Waals surface area (Å²) in [5.74, 6) is -1.14. The van der Waals surface area contributed by atoms with Gasteiger partial charge in [-0.25, -0.2) is 18.2 Å². The van der Waals surface area contributed by atoms with Crippen molar-refractivity contribution in [1.29, 1.82) is 0 Å². The average Bonchev–Trinajstić information content (AvgIpc) is 3.68. The lowest BCUT2D eigenvalue weighted by Gasteiger charge is -2.22. The van der Waals surface area contributed by atoms with Crippen LogP contribution in [0.5, 0.6) is 11.5 Å². The van der Waals surface area contributed by atoms with Gasteiger partial charge in [-0.15, -0.1) is 0 Å². The predicted molar refractivity (Wildman–Crippen MR) is 231 cm³/mol. The number of nitrogens with zero attached hydrogens (tertiary/aromatic N) is 4. The van der Waals surface area contributed by atoms with Crippen LogP contribution in [0, 0.1) is 38.2 Å². The molecular weight excluding hydrogens is 730 g/mol. The molecule has 6 aromatic carbocycles. The highest BCUT2D eigenvalue weighted by molar-refractivity contribution is 6.14. The number of fused-ring (bicyclic) bond motifs is 4. The minimum absolute atomic E-state index is 0.204. The van der Waals surface area contributed by atoms with E-state index < -0.39 is 17.5 Å². The molecule has 8 aromatic rings. The van der Waals surface area contributed by atoms with Gasteiger partial charge >= 0.3 is 0 Å². The molecule has 3 heterocycles. The first-order chi connectivity index (χ1) is 27.7. The number of anilines is 3. The lowest BCUT2D eigenvalue weighted by atomic mass is 9.88. The monoisotopic (exact) mass is 772 g/mol. The molecule has 1 aliphatic heterocycles. The Morgan fingerprint density at radius 1 is 0.672 bits per heavy atom. The SMILES string of the molecule is Cc1cc(C)c(-c2cc(Oc3ccc4c5cccc(-c6c(F)cc(F)cc6F)c5n(-c5cc(C(C)(C)C)ccn5)c4c3)cc(N3CN(C)c4ccccc43)c2)c(C)c1. The van der Waals surface area contributed by atoms with E-state index in [2.05, 4.69) is 113 Å². The Hall–Kier alpha value is -6.54. The minimum Gasteiger partial charge on any atom is -0.457 e. The summed E-state index contributed by atoms with van der Waals surface area (Å²) in [6, 6.07) is 35.8. The molecule has 0 bridgehead atoms. The zero-order valence-electron chi connectivity index (χ0n) is 33.6. The number of aryl methyl sites for hydroxylation is 3. The van der Waals surface area contributed by atoms with E-state index in [4.69, 9.17) is 9.72 Å². The molecule has 0 amide bonds. The molecule has 0 saturated heterocycles. The number of ether oxygens (including phenoxy) is 1. The van der Waals surface area contributed by atoms with Gasteiger partial charge < -0.3 is 14.5 Å². The van der Waals surface area contributed by atoms with E-state index >= 15 is 8.78 Å². The molecule has 0 saturated carbocycles. The fourth-order valence-electron chi connectivity index (χ4n) is 8.67. The summed E-state index contributed by atoms with van der Waals surface area (Å²) in [6.07, 6.45) is 1.76. The van der Waals surface area contributed by atoms with Crippen molar-refractivity contribution in [3.63, 3.8) is 0 Å². The molecule has 9 rings (SSSR count). The van der Waals surface area contributed by atoms with Crippen LogP contribution in [0.15, 0.2) is 121 Å². The van der Waals surface area contributed by atoms with E-state index in [9.17, 15) is 4.39 Å². The van der Waals surface area contributed by atoms with Gasteiger partial charge in [0.05, 0.1) is 34.6 Å². The molecule has 0 aliphatic carbocycles. The molecule has 5 nitrogen and oxygen atoms in total. The van der Waals surface area contributed by atoms with Crippen LogP contribution in [-0.2, 0) is 5.41 Å². The second-order valence-corrected chi connectivity index (χ2v) is 16.5. The number of aromatic nitrogens is 2. The van der Waals surface area contributed by atoms with Crippen molar-refractivity contribution in [2.24, 2.45) is 0 Å². The van der Waals surface area contributed by atoms with E-state index in [1.807, 2.05) is 41.0 Å². The van der Waals surface area contributed by atoms with Crippen LogP contribution in [0.25, 0.3) is 49.9 Å². The molecule has 0 atom stereocenters. The van der Waals surface area contributed by atoms with Crippen LogP contribution in [0.4, 0.5) is 30.2 Å². The third kappa shape index (κ3) is 6.33. The Labute approximate surface area is 336 Å². The van der Waals surface area contributed by atoms with E-state index in [-0.39, 0.29) is 16.5 Å². The fourth-order valence-corrected chi connectivity index (χ4v) is 8.67. The lowest BCUT2D eigenvalue weighted by Crippen LogP contribution is -2.24. The molecule has 1 aliphatic rings. The van der Waals surface area contributed by atoms with Crippen LogP contribution >= 0.6 is 0 Å². The van der Waals surface area contributed by atoms with Gasteiger partial charge in [-0.2, -0.15) is 0 Å². The molecule has 0 N–H and O–H groups in total. The third-order valence-electron chi connectivity index (χ3n) is 11.2. The number of para-hydroxylation sites is 3. The van der Waals surface area contributed by atoms with Gasteiger partial charge in [0.25, 0.3) is 0 Å². The molecule has 2 aromatic heterocycles. The molecule has 0 unspecified atom stereocenters. The van der Waals surface area contributed by atoms with Crippen molar-refractivity contribution in [1.82, 2.24) is 9.55 Å². The van der Waals surface area contributed by atoms with Crippen LogP contribution in [0.3, 0.4) is 0 Å². The van der Waals surface area contributed by atoms with Crippen molar-refractivity contribution >= 4 is 38.9 Å². The van der Waals surface area contributed by atoms with Crippen molar-refractivity contribution in [2.45, 2.75) is 47.0 Å². The largest absolute Gasteiger partial charge is 0.457 e. The highest BCUT2D eigenvalue weighted by Crippen LogP contribution is 2.45. The Balaban J connectivity index is 1.26. The van der Waals surface area contributed by atoms with Gasteiger partial charge in [0.2, 0.25) is 0 Å². The first-order valence-corrected chi connectivity index (χ1v) is 19.4. The summed E-state index contributed by atoms with van der Waals surface area (Å²) < 4.78 is 54.1. The van der Waals surface area contributed by atoms with Crippen LogP contribution in [-0.4, -0.2) is 23.3 Å². The lowest BCUT2D eigenvalue weighted by molar-refractivity contribution is 0.483. The average molecular weight is 773 g/mol. The maximum absolute atomic E-state index is 15.6. The third-order valence-corrected chi connectivity index (χ3v) is 11.2. The van der Waals surface area contributed by atoms with E-state index in [1.54, 1.807) is 18.3 Å². The van der Waals surface area contributed by atoms with Gasteiger partial charge in [0, 0.05) is 59.5 Å². The Morgan fingerprint density at radius 2 is 1.40 bits per heavy atom. The Morgan fingerprint density at radius 3 is 2.12 bits per heavy atom. The van der Waals surface area contributed by atoms with Crippen LogP contribution in [0.2, 0.25) is 0 Å². The van der Waals surface area contributed by atoms with Crippen LogP contribution < -0.4 is 14.5 Å². The van der Waals surface area contributed by atoms with Crippen molar-refractivity contribution in [2.75, 3.05) is 23.5 Å². The minimum atomic E-state index is -0.983. The second kappa shape index (κ2) is 13.8. The van der Waals surface area contributed by atoms with Crippen molar-refractivity contribution < 1.29 is 17.9 Å². The van der Waals surface area contributed by atoms with Gasteiger partial charge in [0.1, 0.15) is 34.8 Å². The quantitative estimate of drug-likeness (QED) is 0.169. The summed E-state index contributed by atoms with van der Waals surface area (Å²) >= 11 is 0. The van der Waals surface area contributed by atoms with E-state index in [0.29, 0.717) is 29.5 Å². The van der Waals surface area contributed by atoms with Gasteiger partial charge in [-0.05, 0) is 103 Å². The molecular formula is C50H43F3N4O. The molecule has 58 heavy (non-hydrogen) atoms. The zero-order valence-corrected chi connectivity index (χ0v) is 33.6. The number of halogens is 3. The van der Waals surface area contributed by atoms with Crippen molar-refractivity contribution in [3.8, 4) is 39.6 Å². The topological polar surface area (TPSA) is 33.5 Å². The smallest absolute Gasteiger partial charge is 0.137 e. The second-order valence-electron chi connectivity index (χ2n) is 16.5. The molecule has 8 heteroatoms. The van der Waals surface area contributed by atoms with Gasteiger partial charge in [0.15, 0.2) is 0 Å². The maximum atomic E-state index is 15.6. The van der Waals surface area contributed by atoms with E-state index in [0.717, 1.165) is 62.2 Å². The zero-order chi connectivity index (χ0) is 40.6. The maximum Gasteiger partial charge on any atom is 0.137 e. The Kier molecular flexibility index (Phi) is 8.84. The summed E-state index contributed by atoms with van der Waals surface area (Å²) in [6.45, 7) is 13.5. The standard InChI is InChI=1S/C50H43F3N4O/c1-29-19-30(2)47(31(3)20-29)32-21-35(56-28-55(7)43-13-8-9-14-44(43)56)26-37(22-32)58-36-15-16-38-39-11-10-12-40(48-41(52)24-34(51)25-42(48)53)49(39)57(45(38)27-36)46-23-33(17-18-54-46)50(4,5)6/h8-27H,28H2,1-7H3. The predicted octanol–water partition coefficient (Wildman–Crippen LogP) is 13.5. The summed E-state index contributed by atoms with van der Waals surface area (Å²) in [5.41, 5.74) is 11.1. The summed E-state index contributed by atoms with van der Waals surface area (Å²) in [5, 5.41) is 1.60. The summed E-state index contributed by atoms with van der Waals surface area (Å²) in [7, 11) is 2.10. The number of hydrogen-bond donors (Lipinski definition) is 0. The first-order valence-electron chi connectivity index (χ1n) is 19.4. The highest BCUT2D eigenvalue weighted by Gasteiger charge is 2.27. The van der Waals surface area contributed by atoms with Crippen molar-refractivity contribution in [3.05, 3.63) is 161 Å². The normalized spacial score (nSPS) is 12.9. The van der Waals surface area contributed by atoms with Gasteiger partial charge in [-0.1, -0.05) is 68.8 Å². The highest BCUT2D eigenvalue weighted by atomic mass is 19.1. The fraction of sp³-hybridized carbons (Fsp3) is 0.180. The first kappa shape index (κ1) is 37.1. The molecule has 0 fully saturated rings. The molecule has 290 valence electrons. The number of hydrogen-bond acceptors (Lipinski definition) is 4. The number of pyridine rings is 1. The number of rotatable bonds is 6. The summed E-state index contributed by atoms with van der Waals surface area (Å²) in [4.78, 5) is 9.35. The molecule has 0 radical (unpaired) electrons. The molecule has 0 spiro atoms. The van der Waals surface area contributed by atoms with Crippen LogP contribution in [0.1, 0.15) is 43.0 Å². The Bertz CT molecular complexity index is 2900.